The van der Waals surface area contributed by atoms with Crippen molar-refractivity contribution < 1.29 is 9.53 Å². The summed E-state index contributed by atoms with van der Waals surface area (Å²) in [6, 6.07) is 17.8. The van der Waals surface area contributed by atoms with Crippen LogP contribution in [0.3, 0.4) is 0 Å². The number of nitrogens with one attached hydrogen (secondary N) is 3. The molecule has 6 aromatic rings. The maximum atomic E-state index is 12.6. The minimum Gasteiger partial charge on any atom is -0.378 e. The molecule has 0 aliphatic carbocycles. The summed E-state index contributed by atoms with van der Waals surface area (Å²) in [7, 11) is 0. The SMILES string of the molecule is O=C(Nc1cccc(-c2nc3sccn3c2-c2ccnc(Nc3ccc(N4CCOCC4)cc3)n2)c1)c1cn[nH]c1. The van der Waals surface area contributed by atoms with Gasteiger partial charge in [0.15, 0.2) is 4.96 Å². The first-order valence-corrected chi connectivity index (χ1v) is 14.0. The van der Waals surface area contributed by atoms with E-state index >= 15 is 0 Å². The van der Waals surface area contributed by atoms with E-state index in [-0.39, 0.29) is 5.91 Å². The maximum Gasteiger partial charge on any atom is 0.258 e. The van der Waals surface area contributed by atoms with Gasteiger partial charge >= 0.3 is 0 Å². The number of imidazole rings is 1. The Morgan fingerprint density at radius 1 is 1.02 bits per heavy atom. The van der Waals surface area contributed by atoms with Crippen LogP contribution in [0.15, 0.2) is 84.8 Å². The van der Waals surface area contributed by atoms with Crippen LogP contribution in [0.4, 0.5) is 23.0 Å². The molecule has 11 nitrogen and oxygen atoms in total. The number of rotatable bonds is 7. The van der Waals surface area contributed by atoms with Crippen molar-refractivity contribution in [2.45, 2.75) is 0 Å². The van der Waals surface area contributed by atoms with Gasteiger partial charge < -0.3 is 20.3 Å². The molecule has 1 fully saturated rings. The zero-order chi connectivity index (χ0) is 27.6. The smallest absolute Gasteiger partial charge is 0.258 e. The van der Waals surface area contributed by atoms with Crippen LogP contribution >= 0.6 is 11.3 Å². The highest BCUT2D eigenvalue weighted by molar-refractivity contribution is 7.15. The van der Waals surface area contributed by atoms with Crippen molar-refractivity contribution in [2.75, 3.05) is 41.8 Å². The third-order valence-electron chi connectivity index (χ3n) is 6.81. The summed E-state index contributed by atoms with van der Waals surface area (Å²) in [5, 5.41) is 14.8. The predicted molar refractivity (Wildman–Crippen MR) is 159 cm³/mol. The molecule has 0 spiro atoms. The molecule has 0 bridgehead atoms. The number of aromatic nitrogens is 6. The lowest BCUT2D eigenvalue weighted by Gasteiger charge is -2.28. The number of carbonyl (C=O) groups is 1. The van der Waals surface area contributed by atoms with Crippen molar-refractivity contribution in [3.8, 4) is 22.6 Å². The number of ether oxygens (including phenoxy) is 1. The lowest BCUT2D eigenvalue weighted by atomic mass is 10.1. The number of morpholine rings is 1. The fraction of sp³-hybridized carbons (Fsp3) is 0.138. The third kappa shape index (κ3) is 5.13. The summed E-state index contributed by atoms with van der Waals surface area (Å²) in [6.45, 7) is 3.28. The van der Waals surface area contributed by atoms with E-state index in [1.54, 1.807) is 23.7 Å². The van der Waals surface area contributed by atoms with E-state index < -0.39 is 0 Å². The van der Waals surface area contributed by atoms with Crippen LogP contribution < -0.4 is 15.5 Å². The number of anilines is 4. The van der Waals surface area contributed by atoms with Gasteiger partial charge in [0, 0.05) is 59.7 Å². The van der Waals surface area contributed by atoms with Gasteiger partial charge in [-0.15, -0.1) is 11.3 Å². The van der Waals surface area contributed by atoms with E-state index in [1.807, 2.05) is 58.4 Å². The Kier molecular flexibility index (Phi) is 6.59. The zero-order valence-electron chi connectivity index (χ0n) is 21.8. The number of hydrogen-bond donors (Lipinski definition) is 3. The molecule has 3 N–H and O–H groups in total. The number of carbonyl (C=O) groups excluding carboxylic acids is 1. The lowest BCUT2D eigenvalue weighted by Crippen LogP contribution is -2.36. The van der Waals surface area contributed by atoms with Gasteiger partial charge in [-0.1, -0.05) is 12.1 Å². The fourth-order valence-corrected chi connectivity index (χ4v) is 5.53. The third-order valence-corrected chi connectivity index (χ3v) is 7.57. The summed E-state index contributed by atoms with van der Waals surface area (Å²) < 4.78 is 7.49. The molecule has 7 rings (SSSR count). The van der Waals surface area contributed by atoms with Gasteiger partial charge in [-0.25, -0.2) is 15.0 Å². The molecule has 204 valence electrons. The van der Waals surface area contributed by atoms with E-state index in [0.29, 0.717) is 17.2 Å². The van der Waals surface area contributed by atoms with Crippen LogP contribution in [0, 0.1) is 0 Å². The van der Waals surface area contributed by atoms with Crippen molar-refractivity contribution in [2.24, 2.45) is 0 Å². The van der Waals surface area contributed by atoms with Gasteiger partial charge in [-0.3, -0.25) is 14.3 Å². The van der Waals surface area contributed by atoms with Crippen molar-refractivity contribution in [3.63, 3.8) is 0 Å². The average molecular weight is 564 g/mol. The Morgan fingerprint density at radius 3 is 2.73 bits per heavy atom. The summed E-state index contributed by atoms with van der Waals surface area (Å²) in [4.78, 5) is 30.0. The Balaban J connectivity index is 1.18. The van der Waals surface area contributed by atoms with E-state index in [1.165, 1.54) is 11.9 Å². The molecule has 0 saturated carbocycles. The highest BCUT2D eigenvalue weighted by atomic mass is 32.1. The Morgan fingerprint density at radius 2 is 1.90 bits per heavy atom. The molecule has 5 heterocycles. The van der Waals surface area contributed by atoms with Gasteiger partial charge in [0.2, 0.25) is 5.95 Å². The minimum absolute atomic E-state index is 0.244. The minimum atomic E-state index is -0.244. The number of nitrogens with zero attached hydrogens (tertiary/aromatic N) is 6. The van der Waals surface area contributed by atoms with Crippen LogP contribution in [0.2, 0.25) is 0 Å². The Bertz CT molecular complexity index is 1810. The molecule has 0 unspecified atom stereocenters. The van der Waals surface area contributed by atoms with Crippen molar-refractivity contribution >= 4 is 45.2 Å². The van der Waals surface area contributed by atoms with Crippen LogP contribution in [0.1, 0.15) is 10.4 Å². The number of benzene rings is 2. The largest absolute Gasteiger partial charge is 0.378 e. The lowest BCUT2D eigenvalue weighted by molar-refractivity contribution is 0.102. The highest BCUT2D eigenvalue weighted by Crippen LogP contribution is 2.35. The Labute approximate surface area is 238 Å². The number of fused-ring (bicyclic) bond motifs is 1. The summed E-state index contributed by atoms with van der Waals surface area (Å²) in [5.41, 5.74) is 6.35. The quantitative estimate of drug-likeness (QED) is 0.246. The monoisotopic (exact) mass is 563 g/mol. The second-order valence-corrected chi connectivity index (χ2v) is 10.3. The number of aromatic amines is 1. The Hall–Kier alpha value is -5.07. The van der Waals surface area contributed by atoms with Gasteiger partial charge in [0.25, 0.3) is 5.91 Å². The molecule has 1 saturated heterocycles. The number of thiazole rings is 1. The molecule has 41 heavy (non-hydrogen) atoms. The summed E-state index contributed by atoms with van der Waals surface area (Å²) in [5.74, 6) is 0.241. The highest BCUT2D eigenvalue weighted by Gasteiger charge is 2.19. The first-order chi connectivity index (χ1) is 20.2. The van der Waals surface area contributed by atoms with Crippen molar-refractivity contribution in [1.82, 2.24) is 29.5 Å². The van der Waals surface area contributed by atoms with Crippen LogP contribution in [-0.2, 0) is 4.74 Å². The molecule has 1 aliphatic rings. The van der Waals surface area contributed by atoms with Crippen LogP contribution in [-0.4, -0.2) is 61.8 Å². The van der Waals surface area contributed by atoms with E-state index in [9.17, 15) is 4.79 Å². The average Bonchev–Trinajstić information content (AvgIpc) is 3.77. The van der Waals surface area contributed by atoms with Crippen LogP contribution in [0.25, 0.3) is 27.6 Å². The second-order valence-electron chi connectivity index (χ2n) is 9.42. The number of hydrogen-bond acceptors (Lipinski definition) is 9. The summed E-state index contributed by atoms with van der Waals surface area (Å²) in [6.07, 6.45) is 6.76. The van der Waals surface area contributed by atoms with E-state index in [2.05, 4.69) is 42.8 Å². The summed E-state index contributed by atoms with van der Waals surface area (Å²) >= 11 is 1.55. The van der Waals surface area contributed by atoms with Crippen molar-refractivity contribution in [3.05, 3.63) is 90.3 Å². The maximum absolute atomic E-state index is 12.6. The predicted octanol–water partition coefficient (Wildman–Crippen LogP) is 5.08. The molecule has 0 radical (unpaired) electrons. The standard InChI is InChI=1S/C29H25N9O2S/c39-27(20-17-31-32-18-20)33-22-3-1-2-19(16-22)25-26(38-12-15-41-29(38)36-25)24-8-9-30-28(35-24)34-21-4-6-23(7-5-21)37-10-13-40-14-11-37/h1-9,12,15-18H,10-11,13-14H2,(H,31,32)(H,33,39)(H,30,34,35). The number of amides is 1. The van der Waals surface area contributed by atoms with Crippen molar-refractivity contribution in [1.29, 1.82) is 0 Å². The molecule has 0 atom stereocenters. The molecular weight excluding hydrogens is 538 g/mol. The van der Waals surface area contributed by atoms with E-state index in [4.69, 9.17) is 14.7 Å². The molecule has 1 amide bonds. The van der Waals surface area contributed by atoms with Gasteiger partial charge in [-0.2, -0.15) is 5.10 Å². The second kappa shape index (κ2) is 10.8. The molecule has 4 aromatic heterocycles. The zero-order valence-corrected chi connectivity index (χ0v) is 22.6. The normalized spacial score (nSPS) is 13.4. The van der Waals surface area contributed by atoms with Gasteiger partial charge in [0.1, 0.15) is 5.69 Å². The fourth-order valence-electron chi connectivity index (χ4n) is 4.81. The number of H-pyrrole nitrogens is 1. The first-order valence-electron chi connectivity index (χ1n) is 13.1. The van der Waals surface area contributed by atoms with E-state index in [0.717, 1.165) is 59.6 Å². The van der Waals surface area contributed by atoms with Crippen LogP contribution in [0.5, 0.6) is 0 Å². The molecular formula is C29H25N9O2S. The molecule has 12 heteroatoms. The van der Waals surface area contributed by atoms with Gasteiger partial charge in [-0.05, 0) is 42.5 Å². The topological polar surface area (TPSA) is 125 Å². The molecule has 1 aliphatic heterocycles. The first kappa shape index (κ1) is 24.9. The van der Waals surface area contributed by atoms with Gasteiger partial charge in [0.05, 0.1) is 36.4 Å². The molecule has 2 aromatic carbocycles.